The molecule has 1 saturated heterocycles. The van der Waals surface area contributed by atoms with Crippen LogP contribution in [0.15, 0.2) is 12.2 Å². The van der Waals surface area contributed by atoms with Gasteiger partial charge in [-0.05, 0) is 19.3 Å². The van der Waals surface area contributed by atoms with Gasteiger partial charge in [0.05, 0.1) is 12.6 Å². The summed E-state index contributed by atoms with van der Waals surface area (Å²) < 4.78 is 5.74. The highest BCUT2D eigenvalue weighted by atomic mass is 16.5. The van der Waals surface area contributed by atoms with E-state index in [0.717, 1.165) is 19.3 Å². The lowest BCUT2D eigenvalue weighted by Crippen LogP contribution is -2.44. The predicted octanol–water partition coefficient (Wildman–Crippen LogP) is 9.19. The van der Waals surface area contributed by atoms with Gasteiger partial charge in [0.25, 0.3) is 0 Å². The molecule has 1 heterocycles. The molecule has 3 atom stereocenters. The normalized spacial score (nSPS) is 19.7. The summed E-state index contributed by atoms with van der Waals surface area (Å²) in [6, 6.07) is -0.281. The van der Waals surface area contributed by atoms with Crippen LogP contribution in [0.2, 0.25) is 0 Å². The predicted molar refractivity (Wildman–Crippen MR) is 159 cm³/mol. The number of allylic oxidation sites excluding steroid dienone is 1. The molecule has 37 heavy (non-hydrogen) atoms. The van der Waals surface area contributed by atoms with Crippen LogP contribution in [0.1, 0.15) is 168 Å². The highest BCUT2D eigenvalue weighted by Gasteiger charge is 2.34. The maximum Gasteiger partial charge on any atom is 0.220 e. The zero-order valence-corrected chi connectivity index (χ0v) is 24.8. The molecular weight excluding hydrogens is 458 g/mol. The van der Waals surface area contributed by atoms with Crippen LogP contribution < -0.4 is 5.32 Å². The number of hydrogen-bond donors (Lipinski definition) is 2. The van der Waals surface area contributed by atoms with Crippen molar-refractivity contribution in [1.82, 2.24) is 5.32 Å². The molecule has 4 nitrogen and oxygen atoms in total. The fourth-order valence-corrected chi connectivity index (χ4v) is 5.32. The Labute approximate surface area is 230 Å². The SMILES string of the molecule is CCCCCCCCCCCC/C=C/C1OC[C@H](NC(=O)CCCCCCCCCCCCCC)[C@@H]1O. The van der Waals surface area contributed by atoms with Crippen LogP contribution in [0.3, 0.4) is 0 Å². The summed E-state index contributed by atoms with van der Waals surface area (Å²) in [5, 5.41) is 13.6. The lowest BCUT2D eigenvalue weighted by molar-refractivity contribution is -0.122. The minimum atomic E-state index is -0.644. The summed E-state index contributed by atoms with van der Waals surface area (Å²) in [7, 11) is 0. The minimum Gasteiger partial charge on any atom is -0.388 e. The number of ether oxygens (including phenoxy) is 1. The Morgan fingerprint density at radius 2 is 1.14 bits per heavy atom. The summed E-state index contributed by atoms with van der Waals surface area (Å²) in [4.78, 5) is 12.3. The fourth-order valence-electron chi connectivity index (χ4n) is 5.32. The van der Waals surface area contributed by atoms with Gasteiger partial charge in [0, 0.05) is 6.42 Å². The fraction of sp³-hybridized carbons (Fsp3) is 0.909. The van der Waals surface area contributed by atoms with Crippen molar-refractivity contribution < 1.29 is 14.6 Å². The molecule has 1 fully saturated rings. The molecule has 1 aliphatic heterocycles. The number of unbranched alkanes of at least 4 members (excludes halogenated alkanes) is 21. The standard InChI is InChI=1S/C33H63NO3/c1-3-5-7-9-11-13-15-17-19-21-23-25-27-31-33(36)30(29-37-31)34-32(35)28-26-24-22-20-18-16-14-12-10-8-6-4-2/h25,27,30-31,33,36H,3-24,26,28-29H2,1-2H3,(H,34,35)/b27-25+/t30-,31?,33-/m0/s1. The number of nitrogens with one attached hydrogen (secondary N) is 1. The van der Waals surface area contributed by atoms with E-state index in [9.17, 15) is 9.90 Å². The topological polar surface area (TPSA) is 58.6 Å². The zero-order chi connectivity index (χ0) is 26.8. The maximum absolute atomic E-state index is 12.3. The molecule has 1 amide bonds. The van der Waals surface area contributed by atoms with Crippen LogP contribution in [0.5, 0.6) is 0 Å². The van der Waals surface area contributed by atoms with E-state index in [-0.39, 0.29) is 18.1 Å². The van der Waals surface area contributed by atoms with Gasteiger partial charge in [-0.3, -0.25) is 4.79 Å². The van der Waals surface area contributed by atoms with Gasteiger partial charge in [-0.15, -0.1) is 0 Å². The highest BCUT2D eigenvalue weighted by Crippen LogP contribution is 2.18. The number of carbonyl (C=O) groups excluding carboxylic acids is 1. The van der Waals surface area contributed by atoms with Crippen molar-refractivity contribution >= 4 is 5.91 Å². The van der Waals surface area contributed by atoms with Crippen molar-refractivity contribution in [2.75, 3.05) is 6.61 Å². The van der Waals surface area contributed by atoms with E-state index in [1.807, 2.05) is 6.08 Å². The second-order valence-corrected chi connectivity index (χ2v) is 11.5. The highest BCUT2D eigenvalue weighted by molar-refractivity contribution is 5.76. The van der Waals surface area contributed by atoms with E-state index >= 15 is 0 Å². The van der Waals surface area contributed by atoms with E-state index < -0.39 is 6.10 Å². The average molecular weight is 522 g/mol. The van der Waals surface area contributed by atoms with Crippen LogP contribution >= 0.6 is 0 Å². The van der Waals surface area contributed by atoms with E-state index in [2.05, 4.69) is 25.2 Å². The average Bonchev–Trinajstić information content (AvgIpc) is 3.24. The maximum atomic E-state index is 12.3. The van der Waals surface area contributed by atoms with E-state index in [0.29, 0.717) is 13.0 Å². The van der Waals surface area contributed by atoms with Gasteiger partial charge < -0.3 is 15.2 Å². The van der Waals surface area contributed by atoms with Crippen molar-refractivity contribution in [1.29, 1.82) is 0 Å². The molecule has 0 aromatic rings. The van der Waals surface area contributed by atoms with Gasteiger partial charge in [0.1, 0.15) is 12.2 Å². The second kappa shape index (κ2) is 25.4. The van der Waals surface area contributed by atoms with Crippen LogP contribution in [0, 0.1) is 0 Å². The number of carbonyl (C=O) groups is 1. The molecule has 1 aliphatic rings. The summed E-state index contributed by atoms with van der Waals surface area (Å²) in [6.45, 7) is 4.94. The van der Waals surface area contributed by atoms with Gasteiger partial charge in [-0.1, -0.05) is 154 Å². The first-order valence-corrected chi connectivity index (χ1v) is 16.4. The largest absolute Gasteiger partial charge is 0.388 e. The Hall–Kier alpha value is -0.870. The summed E-state index contributed by atoms with van der Waals surface area (Å²) in [5.74, 6) is 0.0507. The molecule has 0 saturated carbocycles. The first-order chi connectivity index (χ1) is 18.2. The van der Waals surface area contributed by atoms with E-state index in [1.165, 1.54) is 128 Å². The number of amides is 1. The number of aliphatic hydroxyl groups excluding tert-OH is 1. The van der Waals surface area contributed by atoms with Crippen molar-refractivity contribution in [2.24, 2.45) is 0 Å². The lowest BCUT2D eigenvalue weighted by atomic mass is 10.0. The van der Waals surface area contributed by atoms with Crippen LogP contribution in [0.25, 0.3) is 0 Å². The molecular formula is C33H63NO3. The molecule has 4 heteroatoms. The molecule has 0 aromatic carbocycles. The Kier molecular flexibility index (Phi) is 23.5. The van der Waals surface area contributed by atoms with Gasteiger partial charge in [-0.25, -0.2) is 0 Å². The molecule has 0 bridgehead atoms. The number of rotatable bonds is 26. The van der Waals surface area contributed by atoms with Crippen molar-refractivity contribution in [3.05, 3.63) is 12.2 Å². The van der Waals surface area contributed by atoms with E-state index in [4.69, 9.17) is 4.74 Å². The molecule has 0 radical (unpaired) electrons. The smallest absolute Gasteiger partial charge is 0.220 e. The van der Waals surface area contributed by atoms with Crippen LogP contribution in [0.4, 0.5) is 0 Å². The summed E-state index contributed by atoms with van der Waals surface area (Å²) >= 11 is 0. The van der Waals surface area contributed by atoms with Crippen molar-refractivity contribution in [3.8, 4) is 0 Å². The minimum absolute atomic E-state index is 0.0507. The van der Waals surface area contributed by atoms with Crippen molar-refractivity contribution in [3.63, 3.8) is 0 Å². The van der Waals surface area contributed by atoms with Crippen molar-refractivity contribution in [2.45, 2.75) is 186 Å². The monoisotopic (exact) mass is 521 g/mol. The molecule has 0 aromatic heterocycles. The molecule has 2 N–H and O–H groups in total. The first-order valence-electron chi connectivity index (χ1n) is 16.4. The van der Waals surface area contributed by atoms with Gasteiger partial charge >= 0.3 is 0 Å². The second-order valence-electron chi connectivity index (χ2n) is 11.5. The first kappa shape index (κ1) is 34.2. The summed E-state index contributed by atoms with van der Waals surface area (Å²) in [6.07, 6.45) is 33.8. The third-order valence-electron chi connectivity index (χ3n) is 7.87. The van der Waals surface area contributed by atoms with Crippen LogP contribution in [-0.4, -0.2) is 35.9 Å². The molecule has 0 aliphatic carbocycles. The van der Waals surface area contributed by atoms with Crippen LogP contribution in [-0.2, 0) is 9.53 Å². The molecule has 218 valence electrons. The third kappa shape index (κ3) is 19.8. The Morgan fingerprint density at radius 1 is 0.703 bits per heavy atom. The zero-order valence-electron chi connectivity index (χ0n) is 24.8. The number of hydrogen-bond acceptors (Lipinski definition) is 3. The van der Waals surface area contributed by atoms with Gasteiger partial charge in [-0.2, -0.15) is 0 Å². The molecule has 0 spiro atoms. The Morgan fingerprint density at radius 3 is 1.62 bits per heavy atom. The van der Waals surface area contributed by atoms with E-state index in [1.54, 1.807) is 0 Å². The Balaban J connectivity index is 1.95. The third-order valence-corrected chi connectivity index (χ3v) is 7.87. The molecule has 1 unspecified atom stereocenters. The molecule has 1 rings (SSSR count). The van der Waals surface area contributed by atoms with Gasteiger partial charge in [0.2, 0.25) is 5.91 Å². The van der Waals surface area contributed by atoms with Gasteiger partial charge in [0.15, 0.2) is 0 Å². The number of aliphatic hydroxyl groups is 1. The summed E-state index contributed by atoms with van der Waals surface area (Å²) in [5.41, 5.74) is 0. The lowest BCUT2D eigenvalue weighted by Gasteiger charge is -2.16. The quantitative estimate of drug-likeness (QED) is 0.0881. The Bertz CT molecular complexity index is 536.